The third-order valence-electron chi connectivity index (χ3n) is 4.94. The molecule has 0 fully saturated rings. The van der Waals surface area contributed by atoms with E-state index in [1.807, 2.05) is 0 Å². The van der Waals surface area contributed by atoms with E-state index in [-0.39, 0.29) is 0 Å². The minimum absolute atomic E-state index is 0.441. The van der Waals surface area contributed by atoms with Crippen molar-refractivity contribution in [3.8, 4) is 11.5 Å². The number of benzene rings is 2. The summed E-state index contributed by atoms with van der Waals surface area (Å²) in [6.45, 7) is 0.958. The summed E-state index contributed by atoms with van der Waals surface area (Å²) in [5.74, 6) is 0.882. The fraction of sp³-hybridized carbons (Fsp3) is 0.500. The molecular weight excluding hydrogens is 434 g/mol. The van der Waals surface area contributed by atoms with Gasteiger partial charge in [-0.1, -0.05) is 38.5 Å². The fourth-order valence-corrected chi connectivity index (χ4v) is 3.13. The minimum Gasteiger partial charge on any atom is -0.494 e. The van der Waals surface area contributed by atoms with Gasteiger partial charge in [-0.25, -0.2) is 0 Å². The van der Waals surface area contributed by atoms with Gasteiger partial charge in [-0.3, -0.25) is 0 Å². The molecule has 178 valence electrons. The van der Waals surface area contributed by atoms with Crippen molar-refractivity contribution in [3.05, 3.63) is 59.7 Å². The summed E-state index contributed by atoms with van der Waals surface area (Å²) in [7, 11) is 0. The number of hydrogen-bond donors (Lipinski definition) is 0. The molecule has 32 heavy (non-hydrogen) atoms. The molecule has 2 aromatic rings. The highest BCUT2D eigenvalue weighted by atomic mass is 19.4. The molecule has 0 bridgehead atoms. The van der Waals surface area contributed by atoms with E-state index in [2.05, 4.69) is 0 Å². The molecule has 8 heteroatoms. The SMILES string of the molecule is FC(F)(F)c1ccc(OCCCCCCCCCCOc2ccc(C(F)(F)F)cc2)cc1. The van der Waals surface area contributed by atoms with Crippen LogP contribution < -0.4 is 9.47 Å². The second-order valence-electron chi connectivity index (χ2n) is 7.57. The highest BCUT2D eigenvalue weighted by molar-refractivity contribution is 5.29. The Balaban J connectivity index is 1.42. The number of rotatable bonds is 13. The molecule has 0 aromatic heterocycles. The van der Waals surface area contributed by atoms with Gasteiger partial charge in [0, 0.05) is 0 Å². The minimum atomic E-state index is -4.34. The molecule has 0 unspecified atom stereocenters. The topological polar surface area (TPSA) is 18.5 Å². The average molecular weight is 462 g/mol. The van der Waals surface area contributed by atoms with Gasteiger partial charge in [0.1, 0.15) is 11.5 Å². The highest BCUT2D eigenvalue weighted by Crippen LogP contribution is 2.31. The molecule has 0 aliphatic rings. The number of halogens is 6. The van der Waals surface area contributed by atoms with E-state index in [9.17, 15) is 26.3 Å². The van der Waals surface area contributed by atoms with Crippen LogP contribution in [-0.2, 0) is 12.4 Å². The molecule has 0 heterocycles. The summed E-state index contributed by atoms with van der Waals surface area (Å²) in [5, 5.41) is 0. The maximum atomic E-state index is 12.5. The van der Waals surface area contributed by atoms with Crippen LogP contribution in [-0.4, -0.2) is 13.2 Å². The van der Waals surface area contributed by atoms with E-state index in [1.54, 1.807) is 0 Å². The Morgan fingerprint density at radius 3 is 1.00 bits per heavy atom. The van der Waals surface area contributed by atoms with Crippen molar-refractivity contribution in [2.75, 3.05) is 13.2 Å². The Morgan fingerprint density at radius 1 is 0.438 bits per heavy atom. The Labute approximate surface area is 184 Å². The van der Waals surface area contributed by atoms with Crippen LogP contribution in [0.5, 0.6) is 11.5 Å². The van der Waals surface area contributed by atoms with E-state index in [1.165, 1.54) is 24.3 Å². The quantitative estimate of drug-likeness (QED) is 0.220. The van der Waals surface area contributed by atoms with Crippen molar-refractivity contribution in [1.29, 1.82) is 0 Å². The van der Waals surface area contributed by atoms with E-state index >= 15 is 0 Å². The molecule has 0 aliphatic heterocycles. The smallest absolute Gasteiger partial charge is 0.416 e. The standard InChI is InChI=1S/C24H28F6O2/c25-23(26,27)19-9-13-21(14-10-19)31-17-7-5-3-1-2-4-6-8-18-32-22-15-11-20(12-16-22)24(28,29)30/h9-16H,1-8,17-18H2. The Morgan fingerprint density at radius 2 is 0.719 bits per heavy atom. The normalized spacial score (nSPS) is 12.1. The molecule has 0 saturated heterocycles. The van der Waals surface area contributed by atoms with E-state index in [0.717, 1.165) is 75.6 Å². The van der Waals surface area contributed by atoms with Crippen LogP contribution in [0.25, 0.3) is 0 Å². The first kappa shape index (κ1) is 25.9. The molecule has 0 spiro atoms. The van der Waals surface area contributed by atoms with Gasteiger partial charge in [-0.15, -0.1) is 0 Å². The molecule has 0 saturated carbocycles. The van der Waals surface area contributed by atoms with E-state index < -0.39 is 23.5 Å². The molecule has 2 rings (SSSR count). The molecule has 2 aromatic carbocycles. The maximum absolute atomic E-state index is 12.5. The average Bonchev–Trinajstić information content (AvgIpc) is 2.74. The molecule has 0 N–H and O–H groups in total. The van der Waals surface area contributed by atoms with Crippen LogP contribution in [0, 0.1) is 0 Å². The van der Waals surface area contributed by atoms with Crippen LogP contribution in [0.15, 0.2) is 48.5 Å². The van der Waals surface area contributed by atoms with Crippen LogP contribution in [0.4, 0.5) is 26.3 Å². The first-order valence-electron chi connectivity index (χ1n) is 10.8. The maximum Gasteiger partial charge on any atom is 0.416 e. The van der Waals surface area contributed by atoms with Gasteiger partial charge in [0.05, 0.1) is 24.3 Å². The largest absolute Gasteiger partial charge is 0.494 e. The molecule has 0 radical (unpaired) electrons. The number of hydrogen-bond acceptors (Lipinski definition) is 2. The number of ether oxygens (including phenoxy) is 2. The second-order valence-corrected chi connectivity index (χ2v) is 7.57. The van der Waals surface area contributed by atoms with Crippen LogP contribution in [0.3, 0.4) is 0 Å². The van der Waals surface area contributed by atoms with E-state index in [4.69, 9.17) is 9.47 Å². The first-order chi connectivity index (χ1) is 15.2. The molecule has 2 nitrogen and oxygen atoms in total. The van der Waals surface area contributed by atoms with E-state index in [0.29, 0.717) is 24.7 Å². The Hall–Kier alpha value is -2.38. The third-order valence-corrected chi connectivity index (χ3v) is 4.94. The number of unbranched alkanes of at least 4 members (excludes halogenated alkanes) is 7. The van der Waals surface area contributed by atoms with Crippen molar-refractivity contribution in [2.24, 2.45) is 0 Å². The monoisotopic (exact) mass is 462 g/mol. The zero-order valence-corrected chi connectivity index (χ0v) is 17.8. The predicted octanol–water partition coefficient (Wildman–Crippen LogP) is 8.30. The van der Waals surface area contributed by atoms with Gasteiger partial charge < -0.3 is 9.47 Å². The molecule has 0 aliphatic carbocycles. The summed E-state index contributed by atoms with van der Waals surface area (Å²) in [5.41, 5.74) is -1.37. The lowest BCUT2D eigenvalue weighted by atomic mass is 10.1. The summed E-state index contributed by atoms with van der Waals surface area (Å²) >= 11 is 0. The van der Waals surface area contributed by atoms with Gasteiger partial charge in [0.25, 0.3) is 0 Å². The fourth-order valence-electron chi connectivity index (χ4n) is 3.13. The highest BCUT2D eigenvalue weighted by Gasteiger charge is 2.30. The van der Waals surface area contributed by atoms with Gasteiger partial charge in [0.15, 0.2) is 0 Å². The van der Waals surface area contributed by atoms with Crippen LogP contribution in [0.1, 0.15) is 62.5 Å². The summed E-state index contributed by atoms with van der Waals surface area (Å²) < 4.78 is 85.9. The van der Waals surface area contributed by atoms with Crippen molar-refractivity contribution in [3.63, 3.8) is 0 Å². The summed E-state index contributed by atoms with van der Waals surface area (Å²) in [4.78, 5) is 0. The van der Waals surface area contributed by atoms with Gasteiger partial charge in [-0.2, -0.15) is 26.3 Å². The van der Waals surface area contributed by atoms with Crippen molar-refractivity contribution in [2.45, 2.75) is 63.7 Å². The van der Waals surface area contributed by atoms with Gasteiger partial charge >= 0.3 is 12.4 Å². The lowest BCUT2D eigenvalue weighted by molar-refractivity contribution is -0.138. The van der Waals surface area contributed by atoms with Crippen molar-refractivity contribution >= 4 is 0 Å². The first-order valence-corrected chi connectivity index (χ1v) is 10.8. The van der Waals surface area contributed by atoms with Crippen molar-refractivity contribution < 1.29 is 35.8 Å². The second kappa shape index (κ2) is 12.6. The molecule has 0 atom stereocenters. The summed E-state index contributed by atoms with van der Waals surface area (Å²) in [6.07, 6.45) is -0.647. The zero-order valence-electron chi connectivity index (χ0n) is 17.8. The Bertz CT molecular complexity index is 700. The predicted molar refractivity (Wildman–Crippen MR) is 111 cm³/mol. The zero-order chi connectivity index (χ0) is 23.5. The molecular formula is C24H28F6O2. The van der Waals surface area contributed by atoms with Crippen LogP contribution >= 0.6 is 0 Å². The molecule has 0 amide bonds. The lowest BCUT2D eigenvalue weighted by Crippen LogP contribution is -2.04. The van der Waals surface area contributed by atoms with Gasteiger partial charge in [0.2, 0.25) is 0 Å². The van der Waals surface area contributed by atoms with Crippen LogP contribution in [0.2, 0.25) is 0 Å². The summed E-state index contributed by atoms with van der Waals surface area (Å²) in [6, 6.07) is 9.42. The third kappa shape index (κ3) is 9.83. The Kier molecular flexibility index (Phi) is 10.2. The van der Waals surface area contributed by atoms with Crippen molar-refractivity contribution in [1.82, 2.24) is 0 Å². The lowest BCUT2D eigenvalue weighted by Gasteiger charge is -2.09. The van der Waals surface area contributed by atoms with Gasteiger partial charge in [-0.05, 0) is 61.4 Å². The number of alkyl halides is 6.